The largest absolute Gasteiger partial charge is 0.483 e. The Morgan fingerprint density at radius 2 is 2.00 bits per heavy atom. The molecule has 23 heavy (non-hydrogen) atoms. The first-order valence-electron chi connectivity index (χ1n) is 7.33. The van der Waals surface area contributed by atoms with E-state index in [1.807, 2.05) is 25.1 Å². The summed E-state index contributed by atoms with van der Waals surface area (Å²) in [6.45, 7) is 5.95. The molecule has 122 valence electrons. The summed E-state index contributed by atoms with van der Waals surface area (Å²) < 4.78 is 5.60. The average molecular weight is 332 g/mol. The highest BCUT2D eigenvalue weighted by Crippen LogP contribution is 2.27. The topological polar surface area (TPSA) is 67.4 Å². The molecule has 0 fully saturated rings. The SMILES string of the molecule is Cc1ccc(C(C)C)c(OCC(=O)NNC(=O)c2cccs2)c1. The fourth-order valence-corrected chi connectivity index (χ4v) is 2.64. The van der Waals surface area contributed by atoms with Gasteiger partial charge >= 0.3 is 0 Å². The summed E-state index contributed by atoms with van der Waals surface area (Å²) in [6.07, 6.45) is 0. The molecule has 0 aliphatic rings. The molecule has 0 aliphatic carbocycles. The molecule has 2 N–H and O–H groups in total. The normalized spacial score (nSPS) is 10.4. The maximum absolute atomic E-state index is 11.8. The molecule has 0 aliphatic heterocycles. The number of aryl methyl sites for hydroxylation is 1. The molecule has 6 heteroatoms. The van der Waals surface area contributed by atoms with E-state index in [1.54, 1.807) is 17.5 Å². The van der Waals surface area contributed by atoms with Crippen molar-refractivity contribution in [3.63, 3.8) is 0 Å². The van der Waals surface area contributed by atoms with Crippen LogP contribution >= 0.6 is 11.3 Å². The minimum atomic E-state index is -0.411. The smallest absolute Gasteiger partial charge is 0.279 e. The maximum atomic E-state index is 11.8. The van der Waals surface area contributed by atoms with E-state index >= 15 is 0 Å². The van der Waals surface area contributed by atoms with Crippen molar-refractivity contribution in [3.05, 3.63) is 51.7 Å². The molecule has 5 nitrogen and oxygen atoms in total. The zero-order valence-electron chi connectivity index (χ0n) is 13.4. The first-order chi connectivity index (χ1) is 11.0. The van der Waals surface area contributed by atoms with Gasteiger partial charge in [0.2, 0.25) is 0 Å². The quantitative estimate of drug-likeness (QED) is 0.827. The lowest BCUT2D eigenvalue weighted by atomic mass is 10.0. The summed E-state index contributed by atoms with van der Waals surface area (Å²) in [4.78, 5) is 24.1. The fraction of sp³-hybridized carbons (Fsp3) is 0.294. The van der Waals surface area contributed by atoms with E-state index < -0.39 is 5.91 Å². The van der Waals surface area contributed by atoms with Gasteiger partial charge in [-0.2, -0.15) is 0 Å². The Balaban J connectivity index is 1.87. The lowest BCUT2D eigenvalue weighted by Gasteiger charge is -2.15. The summed E-state index contributed by atoms with van der Waals surface area (Å²) in [7, 11) is 0. The van der Waals surface area contributed by atoms with Crippen LogP contribution in [-0.2, 0) is 4.79 Å². The molecule has 2 aromatic rings. The first-order valence-corrected chi connectivity index (χ1v) is 8.21. The van der Waals surface area contributed by atoms with Crippen LogP contribution in [0.15, 0.2) is 35.7 Å². The van der Waals surface area contributed by atoms with Gasteiger partial charge in [-0.15, -0.1) is 11.3 Å². The third-order valence-electron chi connectivity index (χ3n) is 3.21. The minimum Gasteiger partial charge on any atom is -0.483 e. The van der Waals surface area contributed by atoms with E-state index in [1.165, 1.54) is 11.3 Å². The Kier molecular flexibility index (Phi) is 5.76. The zero-order chi connectivity index (χ0) is 16.8. The zero-order valence-corrected chi connectivity index (χ0v) is 14.2. The Hall–Kier alpha value is -2.34. The van der Waals surface area contributed by atoms with Crippen LogP contribution in [0, 0.1) is 6.92 Å². The first kappa shape index (κ1) is 17.0. The van der Waals surface area contributed by atoms with Gasteiger partial charge in [-0.05, 0) is 41.5 Å². The van der Waals surface area contributed by atoms with Crippen molar-refractivity contribution in [2.45, 2.75) is 26.7 Å². The van der Waals surface area contributed by atoms with Gasteiger partial charge in [0.25, 0.3) is 11.8 Å². The van der Waals surface area contributed by atoms with Crippen LogP contribution in [-0.4, -0.2) is 18.4 Å². The van der Waals surface area contributed by atoms with E-state index in [2.05, 4.69) is 24.7 Å². The number of rotatable bonds is 5. The van der Waals surface area contributed by atoms with Crippen molar-refractivity contribution in [2.24, 2.45) is 0 Å². The highest BCUT2D eigenvalue weighted by molar-refractivity contribution is 7.12. The van der Waals surface area contributed by atoms with Gasteiger partial charge in [-0.1, -0.05) is 32.0 Å². The van der Waals surface area contributed by atoms with E-state index in [-0.39, 0.29) is 12.5 Å². The second kappa shape index (κ2) is 7.78. The monoisotopic (exact) mass is 332 g/mol. The van der Waals surface area contributed by atoms with E-state index in [4.69, 9.17) is 4.74 Å². The van der Waals surface area contributed by atoms with Crippen LogP contribution < -0.4 is 15.6 Å². The van der Waals surface area contributed by atoms with Crippen molar-refractivity contribution in [2.75, 3.05) is 6.61 Å². The number of carbonyl (C=O) groups is 2. The number of nitrogens with one attached hydrogen (secondary N) is 2. The van der Waals surface area contributed by atoms with Crippen LogP contribution in [0.2, 0.25) is 0 Å². The molecule has 0 radical (unpaired) electrons. The predicted molar refractivity (Wildman–Crippen MR) is 90.7 cm³/mol. The lowest BCUT2D eigenvalue weighted by Crippen LogP contribution is -2.43. The van der Waals surface area contributed by atoms with Crippen molar-refractivity contribution in [1.82, 2.24) is 10.9 Å². The average Bonchev–Trinajstić information content (AvgIpc) is 3.04. The second-order valence-electron chi connectivity index (χ2n) is 5.46. The van der Waals surface area contributed by atoms with E-state index in [0.29, 0.717) is 16.5 Å². The van der Waals surface area contributed by atoms with Crippen molar-refractivity contribution >= 4 is 23.2 Å². The number of hydrogen-bond donors (Lipinski definition) is 2. The molecule has 1 heterocycles. The predicted octanol–water partition coefficient (Wildman–Crippen LogP) is 3.02. The molecule has 0 atom stereocenters. The number of amides is 2. The minimum absolute atomic E-state index is 0.159. The number of hydrazine groups is 1. The lowest BCUT2D eigenvalue weighted by molar-refractivity contribution is -0.123. The van der Waals surface area contributed by atoms with Gasteiger partial charge in [-0.25, -0.2) is 0 Å². The fourth-order valence-electron chi connectivity index (χ4n) is 2.02. The molecule has 0 spiro atoms. The second-order valence-corrected chi connectivity index (χ2v) is 6.41. The Morgan fingerprint density at radius 3 is 2.65 bits per heavy atom. The van der Waals surface area contributed by atoms with Crippen molar-refractivity contribution in [1.29, 1.82) is 0 Å². The molecule has 1 aromatic heterocycles. The molecule has 1 aromatic carbocycles. The Morgan fingerprint density at radius 1 is 1.22 bits per heavy atom. The molecule has 0 saturated carbocycles. The third-order valence-corrected chi connectivity index (χ3v) is 4.08. The van der Waals surface area contributed by atoms with E-state index in [0.717, 1.165) is 11.1 Å². The van der Waals surface area contributed by atoms with Gasteiger partial charge < -0.3 is 4.74 Å². The van der Waals surface area contributed by atoms with Crippen LogP contribution in [0.5, 0.6) is 5.75 Å². The third kappa shape index (κ3) is 4.82. The number of carbonyl (C=O) groups excluding carboxylic acids is 2. The maximum Gasteiger partial charge on any atom is 0.279 e. The van der Waals surface area contributed by atoms with Gasteiger partial charge in [0.1, 0.15) is 5.75 Å². The highest BCUT2D eigenvalue weighted by Gasteiger charge is 2.11. The molecular weight excluding hydrogens is 312 g/mol. The number of ether oxygens (including phenoxy) is 1. The van der Waals surface area contributed by atoms with Gasteiger partial charge in [0, 0.05) is 0 Å². The van der Waals surface area contributed by atoms with Crippen molar-refractivity contribution < 1.29 is 14.3 Å². The summed E-state index contributed by atoms with van der Waals surface area (Å²) in [5.41, 5.74) is 6.82. The number of thiophene rings is 1. The van der Waals surface area contributed by atoms with Crippen molar-refractivity contribution in [3.8, 4) is 5.75 Å². The summed E-state index contributed by atoms with van der Waals surface area (Å²) in [5, 5.41) is 1.80. The van der Waals surface area contributed by atoms with Gasteiger partial charge in [0.15, 0.2) is 6.61 Å². The van der Waals surface area contributed by atoms with Gasteiger partial charge in [0.05, 0.1) is 4.88 Å². The molecule has 0 saturated heterocycles. The van der Waals surface area contributed by atoms with Crippen LogP contribution in [0.25, 0.3) is 0 Å². The van der Waals surface area contributed by atoms with Crippen LogP contribution in [0.1, 0.15) is 40.6 Å². The van der Waals surface area contributed by atoms with Gasteiger partial charge in [-0.3, -0.25) is 20.4 Å². The number of benzene rings is 1. The Bertz CT molecular complexity index is 681. The molecule has 0 bridgehead atoms. The van der Waals surface area contributed by atoms with E-state index in [9.17, 15) is 9.59 Å². The molecular formula is C17H20N2O3S. The van der Waals surface area contributed by atoms with Crippen LogP contribution in [0.4, 0.5) is 0 Å². The number of hydrogen-bond acceptors (Lipinski definition) is 4. The van der Waals surface area contributed by atoms with Crippen LogP contribution in [0.3, 0.4) is 0 Å². The molecule has 2 rings (SSSR count). The summed E-state index contributed by atoms with van der Waals surface area (Å²) in [5.74, 6) is 0.241. The summed E-state index contributed by atoms with van der Waals surface area (Å²) >= 11 is 1.31. The standard InChI is InChI=1S/C17H20N2O3S/c1-11(2)13-7-6-12(3)9-14(13)22-10-16(20)18-19-17(21)15-5-4-8-23-15/h4-9,11H,10H2,1-3H3,(H,18,20)(H,19,21). The summed E-state index contributed by atoms with van der Waals surface area (Å²) in [6, 6.07) is 9.39. The Labute approximate surface area is 139 Å². The highest BCUT2D eigenvalue weighted by atomic mass is 32.1. The molecule has 0 unspecified atom stereocenters. The molecule has 2 amide bonds.